The molecule has 98 valence electrons. The average Bonchev–Trinajstić information content (AvgIpc) is 2.29. The molecule has 0 radical (unpaired) electrons. The summed E-state index contributed by atoms with van der Waals surface area (Å²) in [6.07, 6.45) is 3.17. The predicted molar refractivity (Wildman–Crippen MR) is 72.7 cm³/mol. The van der Waals surface area contributed by atoms with Crippen molar-refractivity contribution in [1.29, 1.82) is 0 Å². The van der Waals surface area contributed by atoms with Gasteiger partial charge in [0.25, 0.3) is 0 Å². The molecular weight excluding hydrogens is 320 g/mol. The van der Waals surface area contributed by atoms with E-state index in [-0.39, 0.29) is 16.2 Å². The molecule has 1 rings (SSSR count). The Balaban J connectivity index is 3.44. The van der Waals surface area contributed by atoms with Gasteiger partial charge in [0.1, 0.15) is 0 Å². The van der Waals surface area contributed by atoms with Crippen LogP contribution < -0.4 is 0 Å². The maximum absolute atomic E-state index is 12.1. The van der Waals surface area contributed by atoms with Gasteiger partial charge in [-0.2, -0.15) is 0 Å². The summed E-state index contributed by atoms with van der Waals surface area (Å²) >= 11 is 3.18. The first-order valence-electron chi connectivity index (χ1n) is 5.17. The molecule has 0 aromatic heterocycles. The molecule has 0 aliphatic rings. The first kappa shape index (κ1) is 14.9. The van der Waals surface area contributed by atoms with E-state index in [4.69, 9.17) is 5.11 Å². The Labute approximate surface area is 114 Å². The molecule has 0 bridgehead atoms. The molecule has 1 N–H and O–H groups in total. The van der Waals surface area contributed by atoms with E-state index in [0.717, 1.165) is 0 Å². The van der Waals surface area contributed by atoms with Gasteiger partial charge in [0.05, 0.1) is 16.2 Å². The molecule has 0 amide bonds. The fourth-order valence-corrected chi connectivity index (χ4v) is 3.51. The topological polar surface area (TPSA) is 71.4 Å². The number of rotatable bonds is 4. The van der Waals surface area contributed by atoms with Gasteiger partial charge in [-0.25, -0.2) is 13.2 Å². The third-order valence-corrected chi connectivity index (χ3v) is 4.98. The van der Waals surface area contributed by atoms with E-state index in [1.165, 1.54) is 18.2 Å². The summed E-state index contributed by atoms with van der Waals surface area (Å²) in [7, 11) is -3.51. The lowest BCUT2D eigenvalue weighted by Gasteiger charge is -2.09. The van der Waals surface area contributed by atoms with Crippen LogP contribution in [0, 0.1) is 6.92 Å². The number of allylic oxidation sites excluding steroid dienone is 1. The minimum Gasteiger partial charge on any atom is -0.478 e. The Kier molecular flexibility index (Phi) is 4.70. The van der Waals surface area contributed by atoms with Gasteiger partial charge >= 0.3 is 5.97 Å². The molecule has 1 aromatic rings. The standard InChI is InChI=1S/C12H13BrO4S/c1-3-4-5-18(16,17)11-7-9(12(14)15)6-10(13)8(11)2/h3-4,6-7H,5H2,1-2H3,(H,14,15)/b4-3+. The molecule has 0 spiro atoms. The third kappa shape index (κ3) is 3.20. The van der Waals surface area contributed by atoms with Crippen molar-refractivity contribution in [2.75, 3.05) is 5.75 Å². The third-order valence-electron chi connectivity index (χ3n) is 2.43. The van der Waals surface area contributed by atoms with Gasteiger partial charge in [-0.15, -0.1) is 0 Å². The van der Waals surface area contributed by atoms with E-state index in [0.29, 0.717) is 10.0 Å². The fraction of sp³-hybridized carbons (Fsp3) is 0.250. The fourth-order valence-electron chi connectivity index (χ4n) is 1.41. The first-order chi connectivity index (χ1) is 8.29. The first-order valence-corrected chi connectivity index (χ1v) is 7.61. The lowest BCUT2D eigenvalue weighted by molar-refractivity contribution is 0.0696. The van der Waals surface area contributed by atoms with Crippen molar-refractivity contribution >= 4 is 31.7 Å². The van der Waals surface area contributed by atoms with E-state index < -0.39 is 15.8 Å². The summed E-state index contributed by atoms with van der Waals surface area (Å²) in [6, 6.07) is 2.59. The normalized spacial score (nSPS) is 11.9. The van der Waals surface area contributed by atoms with Crippen LogP contribution in [0.5, 0.6) is 0 Å². The largest absolute Gasteiger partial charge is 0.478 e. The van der Waals surface area contributed by atoms with Crippen LogP contribution in [-0.2, 0) is 9.84 Å². The van der Waals surface area contributed by atoms with Gasteiger partial charge in [-0.05, 0) is 31.5 Å². The molecule has 0 heterocycles. The SMILES string of the molecule is C/C=C/CS(=O)(=O)c1cc(C(=O)O)cc(Br)c1C. The summed E-state index contributed by atoms with van der Waals surface area (Å²) in [5.74, 6) is -1.29. The van der Waals surface area contributed by atoms with Crippen molar-refractivity contribution in [2.24, 2.45) is 0 Å². The summed E-state index contributed by atoms with van der Waals surface area (Å²) < 4.78 is 24.6. The van der Waals surface area contributed by atoms with E-state index >= 15 is 0 Å². The van der Waals surface area contributed by atoms with Crippen LogP contribution in [0.25, 0.3) is 0 Å². The van der Waals surface area contributed by atoms with E-state index in [2.05, 4.69) is 15.9 Å². The second-order valence-corrected chi connectivity index (χ2v) is 6.59. The lowest BCUT2D eigenvalue weighted by atomic mass is 10.1. The molecule has 18 heavy (non-hydrogen) atoms. The summed E-state index contributed by atoms with van der Waals surface area (Å²) in [5.41, 5.74) is 0.469. The summed E-state index contributed by atoms with van der Waals surface area (Å²) in [5, 5.41) is 8.94. The van der Waals surface area contributed by atoms with Crippen molar-refractivity contribution in [3.63, 3.8) is 0 Å². The number of hydrogen-bond acceptors (Lipinski definition) is 3. The second-order valence-electron chi connectivity index (χ2n) is 3.74. The van der Waals surface area contributed by atoms with Crippen molar-refractivity contribution < 1.29 is 18.3 Å². The Hall–Kier alpha value is -1.14. The maximum atomic E-state index is 12.1. The van der Waals surface area contributed by atoms with Crippen LogP contribution in [0.2, 0.25) is 0 Å². The number of halogens is 1. The highest BCUT2D eigenvalue weighted by Crippen LogP contribution is 2.26. The van der Waals surface area contributed by atoms with Crippen molar-refractivity contribution in [2.45, 2.75) is 18.7 Å². The quantitative estimate of drug-likeness (QED) is 0.860. The monoisotopic (exact) mass is 332 g/mol. The molecule has 1 aromatic carbocycles. The molecule has 0 saturated heterocycles. The van der Waals surface area contributed by atoms with Crippen LogP contribution in [-0.4, -0.2) is 25.2 Å². The van der Waals surface area contributed by atoms with Gasteiger partial charge in [0.2, 0.25) is 0 Å². The van der Waals surface area contributed by atoms with Crippen LogP contribution >= 0.6 is 15.9 Å². The minimum absolute atomic E-state index is 0.0485. The number of benzene rings is 1. The molecule has 0 saturated carbocycles. The minimum atomic E-state index is -3.51. The summed E-state index contributed by atoms with van der Waals surface area (Å²) in [6.45, 7) is 3.37. The molecule has 0 aliphatic carbocycles. The van der Waals surface area contributed by atoms with Gasteiger partial charge < -0.3 is 5.11 Å². The van der Waals surface area contributed by atoms with E-state index in [9.17, 15) is 13.2 Å². The molecule has 6 heteroatoms. The zero-order chi connectivity index (χ0) is 13.9. The zero-order valence-corrected chi connectivity index (χ0v) is 12.4. The van der Waals surface area contributed by atoms with Crippen LogP contribution in [0.1, 0.15) is 22.8 Å². The molecule has 0 unspecified atom stereocenters. The van der Waals surface area contributed by atoms with Gasteiger partial charge in [0, 0.05) is 4.47 Å². The van der Waals surface area contributed by atoms with Gasteiger partial charge in [-0.1, -0.05) is 28.1 Å². The highest BCUT2D eigenvalue weighted by molar-refractivity contribution is 9.10. The lowest BCUT2D eigenvalue weighted by Crippen LogP contribution is -2.09. The van der Waals surface area contributed by atoms with Crippen molar-refractivity contribution in [1.82, 2.24) is 0 Å². The Bertz CT molecular complexity index is 603. The molecular formula is C12H13BrO4S. The van der Waals surface area contributed by atoms with Crippen LogP contribution in [0.15, 0.2) is 33.7 Å². The number of carboxylic acids is 1. The Morgan fingerprint density at radius 3 is 2.56 bits per heavy atom. The smallest absolute Gasteiger partial charge is 0.335 e. The van der Waals surface area contributed by atoms with Gasteiger partial charge in [0.15, 0.2) is 9.84 Å². The number of carboxylic acid groups (broad SMARTS) is 1. The van der Waals surface area contributed by atoms with Crippen molar-refractivity contribution in [3.8, 4) is 0 Å². The molecule has 4 nitrogen and oxygen atoms in total. The number of sulfone groups is 1. The molecule has 0 aliphatic heterocycles. The Morgan fingerprint density at radius 1 is 1.44 bits per heavy atom. The highest BCUT2D eigenvalue weighted by atomic mass is 79.9. The number of hydrogen-bond donors (Lipinski definition) is 1. The van der Waals surface area contributed by atoms with E-state index in [1.807, 2.05) is 0 Å². The highest BCUT2D eigenvalue weighted by Gasteiger charge is 2.20. The van der Waals surface area contributed by atoms with Crippen LogP contribution in [0.4, 0.5) is 0 Å². The Morgan fingerprint density at radius 2 is 2.06 bits per heavy atom. The van der Waals surface area contributed by atoms with Crippen LogP contribution in [0.3, 0.4) is 0 Å². The zero-order valence-electron chi connectivity index (χ0n) is 9.97. The molecule has 0 atom stereocenters. The van der Waals surface area contributed by atoms with Gasteiger partial charge in [-0.3, -0.25) is 0 Å². The second kappa shape index (κ2) is 5.67. The predicted octanol–water partition coefficient (Wildman–Crippen LogP) is 2.81. The number of aromatic carboxylic acids is 1. The molecule has 0 fully saturated rings. The van der Waals surface area contributed by atoms with E-state index in [1.54, 1.807) is 19.9 Å². The summed E-state index contributed by atoms with van der Waals surface area (Å²) in [4.78, 5) is 11.0. The maximum Gasteiger partial charge on any atom is 0.335 e. The average molecular weight is 333 g/mol. The number of carbonyl (C=O) groups is 1. The van der Waals surface area contributed by atoms with Crippen molar-refractivity contribution in [3.05, 3.63) is 39.9 Å².